The SMILES string of the molecule is CC.Cn1c(=O)c2c(nc(C3=CC=CCC=C3)n2C)n(C)c1=O. The van der Waals surface area contributed by atoms with Crippen molar-refractivity contribution in [3.63, 3.8) is 0 Å². The first-order chi connectivity index (χ1) is 11.0. The predicted molar refractivity (Wildman–Crippen MR) is 93.4 cm³/mol. The molecule has 6 heteroatoms. The van der Waals surface area contributed by atoms with Crippen LogP contribution in [0.2, 0.25) is 0 Å². The summed E-state index contributed by atoms with van der Waals surface area (Å²) in [5.74, 6) is 0.672. The van der Waals surface area contributed by atoms with Crippen molar-refractivity contribution in [2.45, 2.75) is 20.3 Å². The Morgan fingerprint density at radius 3 is 2.39 bits per heavy atom. The lowest BCUT2D eigenvalue weighted by molar-refractivity contribution is 0.705. The van der Waals surface area contributed by atoms with E-state index in [9.17, 15) is 9.59 Å². The van der Waals surface area contributed by atoms with Gasteiger partial charge in [-0.1, -0.05) is 44.2 Å². The lowest BCUT2D eigenvalue weighted by atomic mass is 10.2. The Bertz CT molecular complexity index is 936. The minimum atomic E-state index is -0.373. The average molecular weight is 314 g/mol. The minimum absolute atomic E-state index is 0.330. The molecule has 0 amide bonds. The summed E-state index contributed by atoms with van der Waals surface area (Å²) in [7, 11) is 4.89. The molecule has 0 fully saturated rings. The summed E-state index contributed by atoms with van der Waals surface area (Å²) in [5.41, 5.74) is 1.04. The van der Waals surface area contributed by atoms with Gasteiger partial charge in [-0.25, -0.2) is 9.78 Å². The van der Waals surface area contributed by atoms with Gasteiger partial charge in [-0.2, -0.15) is 0 Å². The number of aromatic nitrogens is 4. The first-order valence-corrected chi connectivity index (χ1v) is 7.68. The number of hydrogen-bond donors (Lipinski definition) is 0. The van der Waals surface area contributed by atoms with E-state index in [1.165, 1.54) is 11.6 Å². The van der Waals surface area contributed by atoms with E-state index in [0.29, 0.717) is 17.0 Å². The number of nitrogens with zero attached hydrogens (tertiary/aromatic N) is 4. The molecule has 0 spiro atoms. The number of fused-ring (bicyclic) bond motifs is 1. The van der Waals surface area contributed by atoms with Crippen LogP contribution in [0.1, 0.15) is 26.1 Å². The highest BCUT2D eigenvalue weighted by molar-refractivity contribution is 5.80. The van der Waals surface area contributed by atoms with Gasteiger partial charge in [0.15, 0.2) is 11.2 Å². The van der Waals surface area contributed by atoms with Gasteiger partial charge in [0.25, 0.3) is 5.56 Å². The van der Waals surface area contributed by atoms with Crippen LogP contribution >= 0.6 is 0 Å². The van der Waals surface area contributed by atoms with E-state index in [-0.39, 0.29) is 11.2 Å². The molecule has 0 bridgehead atoms. The fourth-order valence-corrected chi connectivity index (χ4v) is 2.51. The molecular formula is C17H22N4O2. The Morgan fingerprint density at radius 1 is 1.00 bits per heavy atom. The zero-order valence-electron chi connectivity index (χ0n) is 14.2. The molecule has 0 saturated heterocycles. The fraction of sp³-hybridized carbons (Fsp3) is 0.353. The molecule has 6 nitrogen and oxygen atoms in total. The maximum Gasteiger partial charge on any atom is 0.332 e. The third-order valence-electron chi connectivity index (χ3n) is 3.72. The van der Waals surface area contributed by atoms with Crippen LogP contribution < -0.4 is 11.2 Å². The molecule has 0 aliphatic heterocycles. The number of rotatable bonds is 1. The molecule has 1 aliphatic carbocycles. The molecule has 0 saturated carbocycles. The van der Waals surface area contributed by atoms with Crippen molar-refractivity contribution in [1.82, 2.24) is 18.7 Å². The van der Waals surface area contributed by atoms with Crippen LogP contribution in [-0.4, -0.2) is 18.7 Å². The summed E-state index contributed by atoms with van der Waals surface area (Å²) in [6.45, 7) is 4.00. The van der Waals surface area contributed by atoms with Crippen molar-refractivity contribution in [1.29, 1.82) is 0 Å². The molecule has 0 radical (unpaired) electrons. The third-order valence-corrected chi connectivity index (χ3v) is 3.72. The van der Waals surface area contributed by atoms with Crippen molar-refractivity contribution in [3.05, 3.63) is 57.0 Å². The fourth-order valence-electron chi connectivity index (χ4n) is 2.51. The van der Waals surface area contributed by atoms with Crippen LogP contribution in [0, 0.1) is 0 Å². The predicted octanol–water partition coefficient (Wildman–Crippen LogP) is 1.90. The van der Waals surface area contributed by atoms with Crippen LogP contribution in [0.4, 0.5) is 0 Å². The Kier molecular flexibility index (Phi) is 4.83. The highest BCUT2D eigenvalue weighted by Gasteiger charge is 2.18. The number of aryl methyl sites for hydroxylation is 2. The summed E-state index contributed by atoms with van der Waals surface area (Å²) in [4.78, 5) is 28.8. The molecule has 2 heterocycles. The molecule has 1 aliphatic rings. The van der Waals surface area contributed by atoms with E-state index in [4.69, 9.17) is 0 Å². The van der Waals surface area contributed by atoms with Gasteiger partial charge in [-0.15, -0.1) is 0 Å². The van der Waals surface area contributed by atoms with Crippen LogP contribution in [0.3, 0.4) is 0 Å². The molecule has 0 atom stereocenters. The normalized spacial score (nSPS) is 13.5. The van der Waals surface area contributed by atoms with E-state index >= 15 is 0 Å². The summed E-state index contributed by atoms with van der Waals surface area (Å²) in [6.07, 6.45) is 10.8. The Balaban J connectivity index is 0.000000924. The van der Waals surface area contributed by atoms with Gasteiger partial charge in [0.05, 0.1) is 0 Å². The van der Waals surface area contributed by atoms with Crippen molar-refractivity contribution < 1.29 is 0 Å². The molecular weight excluding hydrogens is 292 g/mol. The average Bonchev–Trinajstić information content (AvgIpc) is 2.76. The van der Waals surface area contributed by atoms with Crippen molar-refractivity contribution >= 4 is 16.7 Å². The van der Waals surface area contributed by atoms with Crippen molar-refractivity contribution in [2.24, 2.45) is 21.1 Å². The zero-order chi connectivity index (χ0) is 17.1. The van der Waals surface area contributed by atoms with Crippen LogP contribution in [0.5, 0.6) is 0 Å². The van der Waals surface area contributed by atoms with E-state index < -0.39 is 0 Å². The van der Waals surface area contributed by atoms with Gasteiger partial charge in [-0.05, 0) is 6.42 Å². The van der Waals surface area contributed by atoms with E-state index in [1.807, 2.05) is 44.2 Å². The van der Waals surface area contributed by atoms with Gasteiger partial charge in [-0.3, -0.25) is 13.9 Å². The largest absolute Gasteiger partial charge is 0.332 e. The smallest absolute Gasteiger partial charge is 0.321 e. The summed E-state index contributed by atoms with van der Waals surface area (Å²) in [6, 6.07) is 0. The third kappa shape index (κ3) is 2.72. The first-order valence-electron chi connectivity index (χ1n) is 7.68. The number of imidazole rings is 1. The minimum Gasteiger partial charge on any atom is -0.321 e. The van der Waals surface area contributed by atoms with Gasteiger partial charge in [0.2, 0.25) is 0 Å². The Hall–Kier alpha value is -2.63. The van der Waals surface area contributed by atoms with Crippen LogP contribution in [-0.2, 0) is 21.1 Å². The van der Waals surface area contributed by atoms with Crippen molar-refractivity contribution in [2.75, 3.05) is 0 Å². The van der Waals surface area contributed by atoms with E-state index in [1.54, 1.807) is 18.7 Å². The second kappa shape index (κ2) is 6.64. The van der Waals surface area contributed by atoms with Gasteiger partial charge < -0.3 is 4.57 Å². The van der Waals surface area contributed by atoms with Gasteiger partial charge >= 0.3 is 5.69 Å². The zero-order valence-corrected chi connectivity index (χ0v) is 14.2. The molecule has 2 aromatic heterocycles. The monoisotopic (exact) mass is 314 g/mol. The van der Waals surface area contributed by atoms with Crippen molar-refractivity contribution in [3.8, 4) is 0 Å². The van der Waals surface area contributed by atoms with E-state index in [0.717, 1.165) is 16.6 Å². The highest BCUT2D eigenvalue weighted by atomic mass is 16.2. The molecule has 122 valence electrons. The molecule has 3 rings (SSSR count). The molecule has 0 aromatic carbocycles. The maximum absolute atomic E-state index is 12.3. The van der Waals surface area contributed by atoms with Crippen LogP contribution in [0.25, 0.3) is 16.7 Å². The maximum atomic E-state index is 12.3. The van der Waals surface area contributed by atoms with E-state index in [2.05, 4.69) is 4.98 Å². The topological polar surface area (TPSA) is 61.8 Å². The lowest BCUT2D eigenvalue weighted by Crippen LogP contribution is -2.37. The molecule has 2 aromatic rings. The Morgan fingerprint density at radius 2 is 1.70 bits per heavy atom. The van der Waals surface area contributed by atoms with Gasteiger partial charge in [0.1, 0.15) is 5.82 Å². The number of allylic oxidation sites excluding steroid dienone is 6. The summed E-state index contributed by atoms with van der Waals surface area (Å²) in [5, 5.41) is 0. The molecule has 23 heavy (non-hydrogen) atoms. The second-order valence-corrected chi connectivity index (χ2v) is 5.06. The first kappa shape index (κ1) is 16.7. The standard InChI is InChI=1S/C15H16N4O2.C2H6/c1-17-11-13(18(2)15(21)19(3)14(11)20)16-12(17)10-8-6-4-5-7-9-10;1-2/h4,6-9H,5H2,1-3H3;1-2H3. The Labute approximate surface area is 134 Å². The molecule has 0 unspecified atom stereocenters. The van der Waals surface area contributed by atoms with Gasteiger partial charge in [0, 0.05) is 26.7 Å². The number of hydrogen-bond acceptors (Lipinski definition) is 3. The second-order valence-electron chi connectivity index (χ2n) is 5.06. The summed E-state index contributed by atoms with van der Waals surface area (Å²) >= 11 is 0. The molecule has 0 N–H and O–H groups in total. The quantitative estimate of drug-likeness (QED) is 0.807. The lowest BCUT2D eigenvalue weighted by Gasteiger charge is -2.03. The highest BCUT2D eigenvalue weighted by Crippen LogP contribution is 2.20. The summed E-state index contributed by atoms with van der Waals surface area (Å²) < 4.78 is 4.24. The van der Waals surface area contributed by atoms with Crippen LogP contribution in [0.15, 0.2) is 40.0 Å².